The molecule has 36 heavy (non-hydrogen) atoms. The van der Waals surface area contributed by atoms with E-state index in [1.807, 2.05) is 6.07 Å². The van der Waals surface area contributed by atoms with Crippen LogP contribution < -0.4 is 10.1 Å². The van der Waals surface area contributed by atoms with Crippen molar-refractivity contribution < 1.29 is 14.3 Å². The Morgan fingerprint density at radius 3 is 2.50 bits per heavy atom. The predicted octanol–water partition coefficient (Wildman–Crippen LogP) is 6.38. The van der Waals surface area contributed by atoms with Crippen LogP contribution in [0.5, 0.6) is 5.75 Å². The molecule has 0 saturated heterocycles. The third kappa shape index (κ3) is 7.44. The fourth-order valence-electron chi connectivity index (χ4n) is 6.39. The Balaban J connectivity index is 0.000000253. The highest BCUT2D eigenvalue weighted by atomic mass is 16.5. The third-order valence-electron chi connectivity index (χ3n) is 8.73. The first-order valence-electron chi connectivity index (χ1n) is 14.3. The van der Waals surface area contributed by atoms with Crippen molar-refractivity contribution in [3.63, 3.8) is 0 Å². The maximum absolute atomic E-state index is 11.5. The van der Waals surface area contributed by atoms with Gasteiger partial charge in [-0.05, 0) is 93.0 Å². The molecule has 1 heterocycles. The zero-order chi connectivity index (χ0) is 26.0. The summed E-state index contributed by atoms with van der Waals surface area (Å²) in [4.78, 5) is 24.3. The van der Waals surface area contributed by atoms with E-state index in [2.05, 4.69) is 38.2 Å². The molecule has 5 heteroatoms. The molecular formula is C31H48N2O3. The first-order chi connectivity index (χ1) is 17.4. The number of methoxy groups -OCH3 is 1. The molecule has 3 atom stereocenters. The van der Waals surface area contributed by atoms with Crippen LogP contribution in [0.1, 0.15) is 95.6 Å². The summed E-state index contributed by atoms with van der Waals surface area (Å²) in [5.41, 5.74) is 3.30. The Hall–Kier alpha value is -2.14. The molecule has 0 aromatic heterocycles. The van der Waals surface area contributed by atoms with Crippen LogP contribution in [-0.4, -0.2) is 43.0 Å². The van der Waals surface area contributed by atoms with Crippen LogP contribution in [0.25, 0.3) is 0 Å². The van der Waals surface area contributed by atoms with Gasteiger partial charge in [-0.25, -0.2) is 0 Å². The lowest BCUT2D eigenvalue weighted by Crippen LogP contribution is -2.44. The molecule has 4 rings (SSSR count). The van der Waals surface area contributed by atoms with Gasteiger partial charge in [0.1, 0.15) is 5.75 Å². The summed E-state index contributed by atoms with van der Waals surface area (Å²) >= 11 is 0. The second-order valence-corrected chi connectivity index (χ2v) is 11.2. The number of hydrogen-bond acceptors (Lipinski definition) is 4. The number of nitrogens with zero attached hydrogens (tertiary/aromatic N) is 1. The highest BCUT2D eigenvalue weighted by Gasteiger charge is 2.46. The first-order valence-corrected chi connectivity index (χ1v) is 14.3. The van der Waals surface area contributed by atoms with E-state index in [-0.39, 0.29) is 11.8 Å². The molecule has 200 valence electrons. The van der Waals surface area contributed by atoms with Crippen molar-refractivity contribution in [1.82, 2.24) is 10.2 Å². The number of benzene rings is 1. The zero-order valence-electron chi connectivity index (χ0n) is 23.1. The lowest BCUT2D eigenvalue weighted by molar-refractivity contribution is -0.136. The Morgan fingerprint density at radius 1 is 1.03 bits per heavy atom. The summed E-state index contributed by atoms with van der Waals surface area (Å²) in [5, 5.41) is 3.84. The molecule has 1 N–H and O–H groups in total. The second kappa shape index (κ2) is 14.0. The van der Waals surface area contributed by atoms with Gasteiger partial charge in [-0.1, -0.05) is 52.0 Å². The molecule has 0 radical (unpaired) electrons. The van der Waals surface area contributed by atoms with Gasteiger partial charge in [0.05, 0.1) is 7.11 Å². The number of aryl methyl sites for hydroxylation is 2. The van der Waals surface area contributed by atoms with Crippen LogP contribution >= 0.6 is 0 Å². The molecule has 1 aromatic rings. The van der Waals surface area contributed by atoms with Crippen molar-refractivity contribution >= 4 is 11.8 Å². The molecule has 1 aromatic carbocycles. The third-order valence-corrected chi connectivity index (χ3v) is 8.73. The van der Waals surface area contributed by atoms with Crippen molar-refractivity contribution in [2.24, 2.45) is 11.3 Å². The standard InChI is InChI=1S/C20H32N2O2.C11H16O/c1-20-13-5-4-8-16(20)9-10-17(20)21-14-6-2-3-7-15-22-18(23)11-12-19(22)24;1-4-5-10-8-11(12-3)7-6-9(10)2/h11-12,16-17,21H,2-10,13-15H2,1H3;6-8H,4-5H2,1-3H3. The van der Waals surface area contributed by atoms with Crippen LogP contribution in [0.2, 0.25) is 0 Å². The summed E-state index contributed by atoms with van der Waals surface area (Å²) in [6, 6.07) is 6.96. The van der Waals surface area contributed by atoms with Gasteiger partial charge in [-0.2, -0.15) is 0 Å². The molecular weight excluding hydrogens is 448 g/mol. The molecule has 2 amide bonds. The molecule has 1 aliphatic heterocycles. The van der Waals surface area contributed by atoms with Crippen molar-refractivity contribution in [2.45, 2.75) is 104 Å². The van der Waals surface area contributed by atoms with Crippen LogP contribution in [-0.2, 0) is 16.0 Å². The number of nitrogens with one attached hydrogen (secondary N) is 1. The number of rotatable bonds is 11. The lowest BCUT2D eigenvalue weighted by atomic mass is 9.68. The highest BCUT2D eigenvalue weighted by Crippen LogP contribution is 2.51. The van der Waals surface area contributed by atoms with Crippen molar-refractivity contribution in [1.29, 1.82) is 0 Å². The number of imide groups is 1. The molecule has 0 bridgehead atoms. The monoisotopic (exact) mass is 496 g/mol. The van der Waals surface area contributed by atoms with Crippen LogP contribution in [0.3, 0.4) is 0 Å². The summed E-state index contributed by atoms with van der Waals surface area (Å²) in [5.74, 6) is 1.60. The molecule has 2 fully saturated rings. The van der Waals surface area contributed by atoms with E-state index in [0.29, 0.717) is 18.0 Å². The molecule has 0 spiro atoms. The number of carbonyl (C=O) groups excluding carboxylic acids is 2. The molecule has 2 aliphatic carbocycles. The maximum Gasteiger partial charge on any atom is 0.253 e. The topological polar surface area (TPSA) is 58.6 Å². The van der Waals surface area contributed by atoms with E-state index in [0.717, 1.165) is 37.5 Å². The zero-order valence-corrected chi connectivity index (χ0v) is 23.1. The normalized spacial score (nSPS) is 25.1. The minimum atomic E-state index is -0.154. The van der Waals surface area contributed by atoms with Gasteiger partial charge < -0.3 is 10.1 Å². The highest BCUT2D eigenvalue weighted by molar-refractivity contribution is 6.12. The minimum Gasteiger partial charge on any atom is -0.497 e. The van der Waals surface area contributed by atoms with E-state index >= 15 is 0 Å². The first kappa shape index (κ1) is 28.4. The van der Waals surface area contributed by atoms with E-state index in [9.17, 15) is 9.59 Å². The Kier molecular flexibility index (Phi) is 11.0. The summed E-state index contributed by atoms with van der Waals surface area (Å²) < 4.78 is 5.16. The Bertz CT molecular complexity index is 878. The van der Waals surface area contributed by atoms with Crippen LogP contribution in [0.4, 0.5) is 0 Å². The number of carbonyl (C=O) groups is 2. The smallest absolute Gasteiger partial charge is 0.253 e. The Labute approximate surface area is 219 Å². The molecule has 5 nitrogen and oxygen atoms in total. The number of amides is 2. The summed E-state index contributed by atoms with van der Waals surface area (Å²) in [7, 11) is 1.71. The molecule has 3 unspecified atom stereocenters. The summed E-state index contributed by atoms with van der Waals surface area (Å²) in [6.07, 6.45) is 17.9. The fourth-order valence-corrected chi connectivity index (χ4v) is 6.39. The van der Waals surface area contributed by atoms with Gasteiger partial charge in [0.15, 0.2) is 0 Å². The Morgan fingerprint density at radius 2 is 1.78 bits per heavy atom. The van der Waals surface area contributed by atoms with Crippen LogP contribution in [0.15, 0.2) is 30.4 Å². The quantitative estimate of drug-likeness (QED) is 0.285. The largest absolute Gasteiger partial charge is 0.497 e. The van der Waals surface area contributed by atoms with Crippen molar-refractivity contribution in [3.8, 4) is 5.75 Å². The number of ether oxygens (including phenoxy) is 1. The van der Waals surface area contributed by atoms with Gasteiger partial charge in [0.2, 0.25) is 0 Å². The number of hydrogen-bond donors (Lipinski definition) is 1. The minimum absolute atomic E-state index is 0.154. The van der Waals surface area contributed by atoms with E-state index in [4.69, 9.17) is 4.74 Å². The SMILES string of the molecule is CC12CCCCC1CCC2NCCCCCCN1C(=O)C=CC1=O.CCCc1cc(OC)ccc1C. The van der Waals surface area contributed by atoms with Gasteiger partial charge in [-0.3, -0.25) is 14.5 Å². The molecule has 2 saturated carbocycles. The van der Waals surface area contributed by atoms with Crippen LogP contribution in [0, 0.1) is 18.3 Å². The van der Waals surface area contributed by atoms with E-state index < -0.39 is 0 Å². The predicted molar refractivity (Wildman–Crippen MR) is 147 cm³/mol. The summed E-state index contributed by atoms with van der Waals surface area (Å²) in [6.45, 7) is 8.53. The van der Waals surface area contributed by atoms with Crippen molar-refractivity contribution in [3.05, 3.63) is 41.5 Å². The van der Waals surface area contributed by atoms with Gasteiger partial charge in [-0.15, -0.1) is 0 Å². The number of unbranched alkanes of at least 4 members (excludes halogenated alkanes) is 3. The number of fused-ring (bicyclic) bond motifs is 1. The second-order valence-electron chi connectivity index (χ2n) is 11.2. The van der Waals surface area contributed by atoms with Gasteiger partial charge >= 0.3 is 0 Å². The van der Waals surface area contributed by atoms with E-state index in [1.54, 1.807) is 7.11 Å². The fraction of sp³-hybridized carbons (Fsp3) is 0.677. The maximum atomic E-state index is 11.5. The average molecular weight is 497 g/mol. The van der Waals surface area contributed by atoms with Crippen molar-refractivity contribution in [2.75, 3.05) is 20.2 Å². The van der Waals surface area contributed by atoms with Gasteiger partial charge in [0, 0.05) is 24.7 Å². The van der Waals surface area contributed by atoms with E-state index in [1.165, 1.54) is 86.0 Å². The lowest BCUT2D eigenvalue weighted by Gasteiger charge is -2.41. The average Bonchev–Trinajstić information content (AvgIpc) is 3.38. The van der Waals surface area contributed by atoms with Gasteiger partial charge in [0.25, 0.3) is 11.8 Å². The molecule has 3 aliphatic rings.